The minimum Gasteiger partial charge on any atom is -0.302 e. The number of allylic oxidation sites excluding steroid dienone is 1. The molecule has 0 aliphatic heterocycles. The fraction of sp³-hybridized carbons (Fsp3) is 0.357. The highest BCUT2D eigenvalue weighted by Crippen LogP contribution is 2.13. The zero-order chi connectivity index (χ0) is 14.3. The average molecular weight is 323 g/mol. The van der Waals surface area contributed by atoms with Gasteiger partial charge in [0.2, 0.25) is 0 Å². The van der Waals surface area contributed by atoms with Gasteiger partial charge in [0.05, 0.1) is 17.4 Å². The molecular weight excluding hydrogens is 304 g/mol. The summed E-state index contributed by atoms with van der Waals surface area (Å²) in [5, 5.41) is 3.33. The molecule has 1 heterocycles. The van der Waals surface area contributed by atoms with Crippen molar-refractivity contribution in [2.45, 2.75) is 33.4 Å². The molecule has 1 atom stereocenters. The number of aromatic nitrogens is 1. The van der Waals surface area contributed by atoms with E-state index in [0.717, 1.165) is 15.9 Å². The molecule has 4 nitrogen and oxygen atoms in total. The number of aryl methyl sites for hydroxylation is 1. The lowest BCUT2D eigenvalue weighted by atomic mass is 10.2. The normalized spacial score (nSPS) is 13.8. The van der Waals surface area contributed by atoms with E-state index in [1.165, 1.54) is 0 Å². The molecule has 1 aromatic heterocycles. The third-order valence-corrected chi connectivity index (χ3v) is 3.41. The van der Waals surface area contributed by atoms with Gasteiger partial charge >= 0.3 is 0 Å². The van der Waals surface area contributed by atoms with E-state index in [-0.39, 0.29) is 6.04 Å². The number of amidine groups is 1. The molecule has 0 saturated heterocycles. The first kappa shape index (κ1) is 15.7. The molecule has 0 radical (unpaired) electrons. The van der Waals surface area contributed by atoms with Crippen LogP contribution in [0.2, 0.25) is 0 Å². The molecule has 0 amide bonds. The van der Waals surface area contributed by atoms with Crippen LogP contribution in [0.3, 0.4) is 0 Å². The number of halogens is 1. The van der Waals surface area contributed by atoms with E-state index >= 15 is 0 Å². The second-order valence-corrected chi connectivity index (χ2v) is 4.95. The predicted octanol–water partition coefficient (Wildman–Crippen LogP) is 3.26. The zero-order valence-corrected chi connectivity index (χ0v) is 13.1. The van der Waals surface area contributed by atoms with Gasteiger partial charge in [0.25, 0.3) is 0 Å². The molecule has 5 heteroatoms. The molecule has 0 aromatic carbocycles. The first-order valence-corrected chi connectivity index (χ1v) is 6.88. The standard InChI is InChI=1S/C14H19BrN4/c1-5-8-17-14(16-4)11(3)18-9-12-6-7-13(15)10(2)19-12/h5-8,11,18H,4,9H2,1-3H3/b8-5-,17-14?. The van der Waals surface area contributed by atoms with Crippen molar-refractivity contribution in [3.05, 3.63) is 40.3 Å². The Morgan fingerprint density at radius 2 is 2.32 bits per heavy atom. The van der Waals surface area contributed by atoms with E-state index < -0.39 is 0 Å². The number of nitrogens with one attached hydrogen (secondary N) is 1. The van der Waals surface area contributed by atoms with Crippen LogP contribution >= 0.6 is 15.9 Å². The lowest BCUT2D eigenvalue weighted by molar-refractivity contribution is 0.642. The summed E-state index contributed by atoms with van der Waals surface area (Å²) in [6.45, 7) is 10.1. The summed E-state index contributed by atoms with van der Waals surface area (Å²) in [4.78, 5) is 12.6. The molecule has 1 N–H and O–H groups in total. The maximum Gasteiger partial charge on any atom is 0.144 e. The summed E-state index contributed by atoms with van der Waals surface area (Å²) in [5.41, 5.74) is 1.97. The molecule has 0 aliphatic rings. The number of pyridine rings is 1. The number of aliphatic imine (C=N–C) groups is 2. The summed E-state index contributed by atoms with van der Waals surface area (Å²) in [6, 6.07) is 4.02. The van der Waals surface area contributed by atoms with Crippen molar-refractivity contribution in [3.63, 3.8) is 0 Å². The second kappa shape index (κ2) is 7.96. The van der Waals surface area contributed by atoms with Crippen LogP contribution in [0.4, 0.5) is 0 Å². The monoisotopic (exact) mass is 322 g/mol. The van der Waals surface area contributed by atoms with Gasteiger partial charge in [-0.25, -0.2) is 9.98 Å². The Morgan fingerprint density at radius 1 is 1.58 bits per heavy atom. The van der Waals surface area contributed by atoms with Crippen molar-refractivity contribution in [2.75, 3.05) is 0 Å². The Hall–Kier alpha value is -1.33. The predicted molar refractivity (Wildman–Crippen MR) is 84.8 cm³/mol. The summed E-state index contributed by atoms with van der Waals surface area (Å²) >= 11 is 3.44. The maximum absolute atomic E-state index is 4.48. The first-order chi connectivity index (χ1) is 9.08. The van der Waals surface area contributed by atoms with E-state index in [1.807, 2.05) is 39.0 Å². The largest absolute Gasteiger partial charge is 0.302 e. The van der Waals surface area contributed by atoms with E-state index in [1.54, 1.807) is 6.20 Å². The van der Waals surface area contributed by atoms with Gasteiger partial charge in [-0.1, -0.05) is 6.08 Å². The average Bonchev–Trinajstić information content (AvgIpc) is 2.41. The number of rotatable bonds is 5. The Labute approximate surface area is 122 Å². The minimum atomic E-state index is 0.0273. The van der Waals surface area contributed by atoms with Crippen molar-refractivity contribution in [1.82, 2.24) is 10.3 Å². The van der Waals surface area contributed by atoms with Gasteiger partial charge in [0.1, 0.15) is 5.84 Å². The highest BCUT2D eigenvalue weighted by Gasteiger charge is 2.08. The minimum absolute atomic E-state index is 0.0273. The first-order valence-electron chi connectivity index (χ1n) is 6.09. The molecule has 0 bridgehead atoms. The van der Waals surface area contributed by atoms with Gasteiger partial charge in [-0.3, -0.25) is 4.98 Å². The van der Waals surface area contributed by atoms with Crippen LogP contribution in [-0.4, -0.2) is 23.6 Å². The van der Waals surface area contributed by atoms with Gasteiger partial charge in [0.15, 0.2) is 0 Å². The van der Waals surface area contributed by atoms with E-state index in [0.29, 0.717) is 12.4 Å². The summed E-state index contributed by atoms with van der Waals surface area (Å²) in [6.07, 6.45) is 3.57. The van der Waals surface area contributed by atoms with Crippen molar-refractivity contribution in [2.24, 2.45) is 9.98 Å². The van der Waals surface area contributed by atoms with Gasteiger partial charge in [-0.2, -0.15) is 0 Å². The highest BCUT2D eigenvalue weighted by atomic mass is 79.9. The van der Waals surface area contributed by atoms with Crippen LogP contribution in [0.5, 0.6) is 0 Å². The van der Waals surface area contributed by atoms with Crippen LogP contribution in [0.25, 0.3) is 0 Å². The van der Waals surface area contributed by atoms with Crippen LogP contribution in [-0.2, 0) is 6.54 Å². The quantitative estimate of drug-likeness (QED) is 0.668. The van der Waals surface area contributed by atoms with Crippen molar-refractivity contribution in [1.29, 1.82) is 0 Å². The van der Waals surface area contributed by atoms with Crippen LogP contribution in [0.15, 0.2) is 38.9 Å². The molecule has 102 valence electrons. The second-order valence-electron chi connectivity index (χ2n) is 4.10. The Balaban J connectivity index is 2.64. The zero-order valence-electron chi connectivity index (χ0n) is 11.5. The van der Waals surface area contributed by atoms with Gasteiger partial charge in [0, 0.05) is 17.2 Å². The van der Waals surface area contributed by atoms with Crippen molar-refractivity contribution in [3.8, 4) is 0 Å². The highest BCUT2D eigenvalue weighted by molar-refractivity contribution is 9.10. The SMILES string of the molecule is C=NC(=N/C=C\C)C(C)NCc1ccc(Br)c(C)n1. The molecule has 1 unspecified atom stereocenters. The van der Waals surface area contributed by atoms with E-state index in [9.17, 15) is 0 Å². The summed E-state index contributed by atoms with van der Waals surface area (Å²) < 4.78 is 1.02. The third kappa shape index (κ3) is 5.04. The fourth-order valence-corrected chi connectivity index (χ4v) is 1.70. The lowest BCUT2D eigenvalue weighted by Crippen LogP contribution is -2.32. The van der Waals surface area contributed by atoms with E-state index in [2.05, 4.69) is 42.9 Å². The maximum atomic E-state index is 4.48. The van der Waals surface area contributed by atoms with Gasteiger partial charge in [-0.15, -0.1) is 0 Å². The molecule has 0 spiro atoms. The third-order valence-electron chi connectivity index (χ3n) is 2.57. The number of hydrogen-bond acceptors (Lipinski definition) is 3. The summed E-state index contributed by atoms with van der Waals surface area (Å²) in [7, 11) is 0. The van der Waals surface area contributed by atoms with Gasteiger partial charge in [-0.05, 0) is 55.6 Å². The molecule has 0 aliphatic carbocycles. The number of hydrogen-bond donors (Lipinski definition) is 1. The summed E-state index contributed by atoms with van der Waals surface area (Å²) in [5.74, 6) is 0.673. The molecule has 19 heavy (non-hydrogen) atoms. The molecule has 1 rings (SSSR count). The molecule has 0 saturated carbocycles. The number of nitrogens with zero attached hydrogens (tertiary/aromatic N) is 3. The fourth-order valence-electron chi connectivity index (χ4n) is 1.48. The molecular formula is C14H19BrN4. The Morgan fingerprint density at radius 3 is 2.89 bits per heavy atom. The van der Waals surface area contributed by atoms with Crippen LogP contribution in [0.1, 0.15) is 25.2 Å². The van der Waals surface area contributed by atoms with Crippen molar-refractivity contribution < 1.29 is 0 Å². The molecule has 1 aromatic rings. The lowest BCUT2D eigenvalue weighted by Gasteiger charge is -2.13. The Kier molecular flexibility index (Phi) is 6.59. The van der Waals surface area contributed by atoms with Crippen molar-refractivity contribution >= 4 is 28.5 Å². The Bertz CT molecular complexity index is 494. The molecule has 0 fully saturated rings. The van der Waals surface area contributed by atoms with Crippen LogP contribution in [0, 0.1) is 6.92 Å². The smallest absolute Gasteiger partial charge is 0.144 e. The van der Waals surface area contributed by atoms with E-state index in [4.69, 9.17) is 0 Å². The topological polar surface area (TPSA) is 49.6 Å². The van der Waals surface area contributed by atoms with Gasteiger partial charge < -0.3 is 5.32 Å². The van der Waals surface area contributed by atoms with Crippen LogP contribution < -0.4 is 5.32 Å².